The summed E-state index contributed by atoms with van der Waals surface area (Å²) >= 11 is 0. The lowest BCUT2D eigenvalue weighted by molar-refractivity contribution is 0.199. The first-order chi connectivity index (χ1) is 9.69. The van der Waals surface area contributed by atoms with Gasteiger partial charge in [0, 0.05) is 0 Å². The van der Waals surface area contributed by atoms with Crippen molar-refractivity contribution in [2.24, 2.45) is 0 Å². The number of hydrogen-bond donors (Lipinski definition) is 1. The Morgan fingerprint density at radius 1 is 0.900 bits per heavy atom. The third-order valence-corrected chi connectivity index (χ3v) is 2.89. The highest BCUT2D eigenvalue weighted by Gasteiger charge is 2.02. The zero-order valence-corrected chi connectivity index (χ0v) is 11.9. The van der Waals surface area contributed by atoms with Crippen LogP contribution in [0.15, 0.2) is 48.5 Å². The minimum atomic E-state index is -0.459. The van der Waals surface area contributed by atoms with Crippen molar-refractivity contribution >= 4 is 0 Å². The molecule has 0 saturated carbocycles. The molecule has 0 amide bonds. The highest BCUT2D eigenvalue weighted by atomic mass is 16.5. The minimum Gasteiger partial charge on any atom is -0.494 e. The first-order valence-electron chi connectivity index (χ1n) is 6.88. The molecule has 0 heterocycles. The molecule has 0 bridgehead atoms. The molecular formula is C17H20O3. The largest absolute Gasteiger partial charge is 0.494 e. The van der Waals surface area contributed by atoms with Gasteiger partial charge in [-0.15, -0.1) is 0 Å². The maximum absolute atomic E-state index is 9.45. The van der Waals surface area contributed by atoms with E-state index in [2.05, 4.69) is 6.92 Å². The van der Waals surface area contributed by atoms with Gasteiger partial charge in [-0.1, -0.05) is 19.1 Å². The van der Waals surface area contributed by atoms with Crippen molar-refractivity contribution in [1.29, 1.82) is 0 Å². The second-order valence-corrected chi connectivity index (χ2v) is 4.67. The van der Waals surface area contributed by atoms with Crippen molar-refractivity contribution in [3.8, 4) is 17.2 Å². The maximum atomic E-state index is 9.45. The fraction of sp³-hybridized carbons (Fsp3) is 0.294. The zero-order valence-electron chi connectivity index (χ0n) is 11.9. The number of rotatable bonds is 6. The molecule has 1 N–H and O–H groups in total. The van der Waals surface area contributed by atoms with Crippen LogP contribution in [0.1, 0.15) is 31.9 Å². The molecule has 2 rings (SSSR count). The van der Waals surface area contributed by atoms with Crippen LogP contribution in [0.2, 0.25) is 0 Å². The first kappa shape index (κ1) is 14.4. The number of aliphatic hydroxyl groups excluding tert-OH is 1. The van der Waals surface area contributed by atoms with Gasteiger partial charge in [0.15, 0.2) is 0 Å². The Morgan fingerprint density at radius 3 is 1.90 bits per heavy atom. The molecule has 0 radical (unpaired) electrons. The van der Waals surface area contributed by atoms with Gasteiger partial charge in [-0.3, -0.25) is 0 Å². The predicted octanol–water partition coefficient (Wildman–Crippen LogP) is 4.32. The summed E-state index contributed by atoms with van der Waals surface area (Å²) in [4.78, 5) is 0. The van der Waals surface area contributed by atoms with E-state index in [1.165, 1.54) is 0 Å². The summed E-state index contributed by atoms with van der Waals surface area (Å²) < 4.78 is 11.3. The van der Waals surface area contributed by atoms with Gasteiger partial charge in [-0.2, -0.15) is 0 Å². The molecule has 0 aliphatic rings. The highest BCUT2D eigenvalue weighted by molar-refractivity contribution is 5.36. The Labute approximate surface area is 119 Å². The number of benzene rings is 2. The standard InChI is InChI=1S/C17H20O3/c1-3-12-19-15-8-10-17(11-9-15)20-16-6-4-14(5-7-16)13(2)18/h4-11,13,18H,3,12H2,1-2H3. The molecule has 106 valence electrons. The minimum absolute atomic E-state index is 0.459. The molecule has 2 aromatic rings. The average molecular weight is 272 g/mol. The van der Waals surface area contributed by atoms with Gasteiger partial charge < -0.3 is 14.6 Å². The number of aliphatic hydroxyl groups is 1. The fourth-order valence-corrected chi connectivity index (χ4v) is 1.77. The van der Waals surface area contributed by atoms with Crippen LogP contribution in [-0.4, -0.2) is 11.7 Å². The zero-order chi connectivity index (χ0) is 14.4. The number of ether oxygens (including phenoxy) is 2. The van der Waals surface area contributed by atoms with E-state index in [1.807, 2.05) is 48.5 Å². The quantitative estimate of drug-likeness (QED) is 0.851. The monoisotopic (exact) mass is 272 g/mol. The van der Waals surface area contributed by atoms with Crippen LogP contribution < -0.4 is 9.47 Å². The van der Waals surface area contributed by atoms with Gasteiger partial charge in [-0.05, 0) is 55.3 Å². The van der Waals surface area contributed by atoms with Crippen LogP contribution in [0.3, 0.4) is 0 Å². The Morgan fingerprint density at radius 2 is 1.40 bits per heavy atom. The van der Waals surface area contributed by atoms with Crippen molar-refractivity contribution in [1.82, 2.24) is 0 Å². The van der Waals surface area contributed by atoms with Crippen LogP contribution >= 0.6 is 0 Å². The molecule has 0 spiro atoms. The van der Waals surface area contributed by atoms with E-state index in [0.717, 1.165) is 35.8 Å². The van der Waals surface area contributed by atoms with Crippen molar-refractivity contribution in [3.63, 3.8) is 0 Å². The molecular weight excluding hydrogens is 252 g/mol. The van der Waals surface area contributed by atoms with E-state index < -0.39 is 6.10 Å². The lowest BCUT2D eigenvalue weighted by atomic mass is 10.1. The molecule has 0 aliphatic heterocycles. The molecule has 3 heteroatoms. The Hall–Kier alpha value is -2.00. The molecule has 0 aliphatic carbocycles. The third kappa shape index (κ3) is 4.00. The number of hydrogen-bond acceptors (Lipinski definition) is 3. The summed E-state index contributed by atoms with van der Waals surface area (Å²) in [5.41, 5.74) is 0.876. The maximum Gasteiger partial charge on any atom is 0.127 e. The summed E-state index contributed by atoms with van der Waals surface area (Å²) in [7, 11) is 0. The summed E-state index contributed by atoms with van der Waals surface area (Å²) in [5, 5.41) is 9.45. The van der Waals surface area contributed by atoms with Crippen molar-refractivity contribution < 1.29 is 14.6 Å². The van der Waals surface area contributed by atoms with Crippen LogP contribution in [0.5, 0.6) is 17.2 Å². The van der Waals surface area contributed by atoms with Gasteiger partial charge in [0.05, 0.1) is 12.7 Å². The van der Waals surface area contributed by atoms with E-state index in [9.17, 15) is 5.11 Å². The van der Waals surface area contributed by atoms with Crippen molar-refractivity contribution in [2.45, 2.75) is 26.4 Å². The van der Waals surface area contributed by atoms with Crippen molar-refractivity contribution in [2.75, 3.05) is 6.61 Å². The molecule has 2 aromatic carbocycles. The molecule has 20 heavy (non-hydrogen) atoms. The summed E-state index contributed by atoms with van der Waals surface area (Å²) in [6.45, 7) is 4.54. The SMILES string of the molecule is CCCOc1ccc(Oc2ccc(C(C)O)cc2)cc1. The predicted molar refractivity (Wildman–Crippen MR) is 79.4 cm³/mol. The lowest BCUT2D eigenvalue weighted by Crippen LogP contribution is -1.94. The van der Waals surface area contributed by atoms with Crippen LogP contribution in [-0.2, 0) is 0 Å². The second-order valence-electron chi connectivity index (χ2n) is 4.67. The van der Waals surface area contributed by atoms with E-state index >= 15 is 0 Å². The average Bonchev–Trinajstić information content (AvgIpc) is 2.47. The Balaban J connectivity index is 1.98. The van der Waals surface area contributed by atoms with Crippen LogP contribution in [0.25, 0.3) is 0 Å². The molecule has 1 unspecified atom stereocenters. The molecule has 1 atom stereocenters. The fourth-order valence-electron chi connectivity index (χ4n) is 1.77. The van der Waals surface area contributed by atoms with E-state index in [-0.39, 0.29) is 0 Å². The van der Waals surface area contributed by atoms with Crippen LogP contribution in [0.4, 0.5) is 0 Å². The molecule has 3 nitrogen and oxygen atoms in total. The van der Waals surface area contributed by atoms with Gasteiger partial charge in [0.1, 0.15) is 17.2 Å². The molecule has 0 saturated heterocycles. The van der Waals surface area contributed by atoms with Crippen molar-refractivity contribution in [3.05, 3.63) is 54.1 Å². The molecule has 0 fully saturated rings. The Kier molecular flexibility index (Phi) is 5.02. The van der Waals surface area contributed by atoms with E-state index in [1.54, 1.807) is 6.92 Å². The second kappa shape index (κ2) is 6.96. The molecule has 0 aromatic heterocycles. The highest BCUT2D eigenvalue weighted by Crippen LogP contribution is 2.25. The first-order valence-corrected chi connectivity index (χ1v) is 6.88. The van der Waals surface area contributed by atoms with Crippen LogP contribution in [0, 0.1) is 0 Å². The lowest BCUT2D eigenvalue weighted by Gasteiger charge is -2.09. The van der Waals surface area contributed by atoms with Gasteiger partial charge in [0.2, 0.25) is 0 Å². The smallest absolute Gasteiger partial charge is 0.127 e. The topological polar surface area (TPSA) is 38.7 Å². The Bertz CT molecular complexity index is 515. The van der Waals surface area contributed by atoms with Gasteiger partial charge in [-0.25, -0.2) is 0 Å². The van der Waals surface area contributed by atoms with E-state index in [4.69, 9.17) is 9.47 Å². The normalized spacial score (nSPS) is 11.9. The van der Waals surface area contributed by atoms with Gasteiger partial charge in [0.25, 0.3) is 0 Å². The summed E-state index contributed by atoms with van der Waals surface area (Å²) in [6, 6.07) is 15.0. The van der Waals surface area contributed by atoms with E-state index in [0.29, 0.717) is 0 Å². The third-order valence-electron chi connectivity index (χ3n) is 2.89. The summed E-state index contributed by atoms with van der Waals surface area (Å²) in [6.07, 6.45) is 0.535. The summed E-state index contributed by atoms with van der Waals surface area (Å²) in [5.74, 6) is 2.36. The van der Waals surface area contributed by atoms with Gasteiger partial charge >= 0.3 is 0 Å².